The summed E-state index contributed by atoms with van der Waals surface area (Å²) in [5.74, 6) is -0.841. The van der Waals surface area contributed by atoms with Crippen LogP contribution in [-0.2, 0) is 0 Å². The van der Waals surface area contributed by atoms with Crippen LogP contribution in [-0.4, -0.2) is 17.5 Å². The summed E-state index contributed by atoms with van der Waals surface area (Å²) in [6.07, 6.45) is 1.65. The highest BCUT2D eigenvalue weighted by atomic mass is 16.2. The topological polar surface area (TPSA) is 63.2 Å². The van der Waals surface area contributed by atoms with Crippen LogP contribution in [0, 0.1) is 0 Å². The summed E-state index contributed by atoms with van der Waals surface area (Å²) in [6, 6.07) is 18.6. The van der Waals surface area contributed by atoms with E-state index in [1.165, 1.54) is 0 Å². The third kappa shape index (κ3) is 2.77. The molecule has 130 valence electrons. The summed E-state index contributed by atoms with van der Waals surface area (Å²) in [6.45, 7) is 3.70. The number of ketones is 2. The summed E-state index contributed by atoms with van der Waals surface area (Å²) in [7, 11) is 0. The number of hydrogen-bond acceptors (Lipinski definition) is 3. The van der Waals surface area contributed by atoms with Crippen LogP contribution in [0.1, 0.15) is 47.8 Å². The van der Waals surface area contributed by atoms with Gasteiger partial charge in [0.1, 0.15) is 0 Å². The fourth-order valence-corrected chi connectivity index (χ4v) is 3.25. The van der Waals surface area contributed by atoms with E-state index in [-0.39, 0.29) is 23.0 Å². The lowest BCUT2D eigenvalue weighted by Gasteiger charge is -2.20. The van der Waals surface area contributed by atoms with Gasteiger partial charge in [0.2, 0.25) is 0 Å². The Balaban J connectivity index is 1.76. The summed E-state index contributed by atoms with van der Waals surface area (Å²) in [5, 5.41) is 2.77. The third-order valence-corrected chi connectivity index (χ3v) is 4.59. The van der Waals surface area contributed by atoms with Crippen LogP contribution >= 0.6 is 0 Å². The number of hydrogen-bond donors (Lipinski definition) is 1. The predicted molar refractivity (Wildman–Crippen MR) is 104 cm³/mol. The molecule has 1 aliphatic carbocycles. The molecule has 3 aromatic rings. The molecule has 0 aliphatic heterocycles. The van der Waals surface area contributed by atoms with Gasteiger partial charge in [0.15, 0.2) is 11.6 Å². The van der Waals surface area contributed by atoms with Crippen molar-refractivity contribution in [3.8, 4) is 0 Å². The zero-order valence-electron chi connectivity index (χ0n) is 14.4. The maximum Gasteiger partial charge on any atom is 0.255 e. The predicted octanol–water partition coefficient (Wildman–Crippen LogP) is 4.36. The maximum atomic E-state index is 13.0. The molecule has 0 heterocycles. The van der Waals surface area contributed by atoms with Crippen LogP contribution in [0.5, 0.6) is 0 Å². The average Bonchev–Trinajstić information content (AvgIpc) is 2.72. The Morgan fingerprint density at radius 1 is 0.815 bits per heavy atom. The summed E-state index contributed by atoms with van der Waals surface area (Å²) in [4.78, 5) is 38.4. The fourth-order valence-electron chi connectivity index (χ4n) is 3.25. The van der Waals surface area contributed by atoms with Gasteiger partial charge in [0, 0.05) is 22.3 Å². The summed E-state index contributed by atoms with van der Waals surface area (Å²) in [5.41, 5.74) is 2.86. The highest BCUT2D eigenvalue weighted by Gasteiger charge is 2.31. The standard InChI is InChI=1S/C23H15NO3/c1-2-14-7-5-8-15(13-14)23(27)24-19-12-6-11-18-20(19)22(26)17-10-4-3-9-16(17)21(18)25/h2-13H,1H2,(H,24,27). The Morgan fingerprint density at radius 2 is 1.48 bits per heavy atom. The van der Waals surface area contributed by atoms with E-state index >= 15 is 0 Å². The van der Waals surface area contributed by atoms with Crippen molar-refractivity contribution >= 4 is 29.2 Å². The number of carbonyl (C=O) groups is 3. The number of carbonyl (C=O) groups excluding carboxylic acids is 3. The van der Waals surface area contributed by atoms with Crippen LogP contribution in [0.3, 0.4) is 0 Å². The lowest BCUT2D eigenvalue weighted by atomic mass is 9.83. The molecule has 3 aromatic carbocycles. The second-order valence-electron chi connectivity index (χ2n) is 6.22. The highest BCUT2D eigenvalue weighted by molar-refractivity contribution is 6.30. The zero-order valence-corrected chi connectivity index (χ0v) is 14.4. The van der Waals surface area contributed by atoms with E-state index in [2.05, 4.69) is 11.9 Å². The third-order valence-electron chi connectivity index (χ3n) is 4.59. The highest BCUT2D eigenvalue weighted by Crippen LogP contribution is 2.32. The number of amides is 1. The lowest BCUT2D eigenvalue weighted by molar-refractivity contribution is 0.0978. The largest absolute Gasteiger partial charge is 0.321 e. The Bertz CT molecular complexity index is 1130. The van der Waals surface area contributed by atoms with E-state index in [0.29, 0.717) is 27.9 Å². The first-order chi connectivity index (χ1) is 13.1. The van der Waals surface area contributed by atoms with Crippen molar-refractivity contribution in [1.29, 1.82) is 0 Å². The van der Waals surface area contributed by atoms with Crippen molar-refractivity contribution in [3.05, 3.63) is 107 Å². The number of rotatable bonds is 3. The van der Waals surface area contributed by atoms with Crippen molar-refractivity contribution in [2.24, 2.45) is 0 Å². The van der Waals surface area contributed by atoms with E-state index in [1.54, 1.807) is 66.7 Å². The Labute approximate surface area is 156 Å². The molecule has 27 heavy (non-hydrogen) atoms. The van der Waals surface area contributed by atoms with Crippen LogP contribution in [0.2, 0.25) is 0 Å². The second kappa shape index (κ2) is 6.50. The van der Waals surface area contributed by atoms with Gasteiger partial charge in [-0.1, -0.05) is 61.2 Å². The minimum atomic E-state index is -0.355. The Kier molecular flexibility index (Phi) is 4.01. The molecule has 4 rings (SSSR count). The average molecular weight is 353 g/mol. The molecule has 4 nitrogen and oxygen atoms in total. The fraction of sp³-hybridized carbons (Fsp3) is 0. The monoisotopic (exact) mass is 353 g/mol. The van der Waals surface area contributed by atoms with Crippen molar-refractivity contribution in [2.75, 3.05) is 5.32 Å². The second-order valence-corrected chi connectivity index (χ2v) is 6.22. The van der Waals surface area contributed by atoms with Crippen LogP contribution in [0.25, 0.3) is 6.08 Å². The normalized spacial score (nSPS) is 12.1. The summed E-state index contributed by atoms with van der Waals surface area (Å²) >= 11 is 0. The van der Waals surface area contributed by atoms with Crippen molar-refractivity contribution in [3.63, 3.8) is 0 Å². The smallest absolute Gasteiger partial charge is 0.255 e. The SMILES string of the molecule is C=Cc1cccc(C(=O)Nc2cccc3c2C(=O)c2ccccc2C3=O)c1. The van der Waals surface area contributed by atoms with Gasteiger partial charge in [0.25, 0.3) is 5.91 Å². The van der Waals surface area contributed by atoms with E-state index < -0.39 is 0 Å². The Hall–Kier alpha value is -3.79. The molecule has 0 unspecified atom stereocenters. The van der Waals surface area contributed by atoms with E-state index in [1.807, 2.05) is 6.07 Å². The van der Waals surface area contributed by atoms with Crippen LogP contribution < -0.4 is 5.32 Å². The molecule has 1 amide bonds. The molecular weight excluding hydrogens is 338 g/mol. The van der Waals surface area contributed by atoms with Gasteiger partial charge in [0.05, 0.1) is 11.3 Å². The van der Waals surface area contributed by atoms with E-state index in [9.17, 15) is 14.4 Å². The summed E-state index contributed by atoms with van der Waals surface area (Å²) < 4.78 is 0. The van der Waals surface area contributed by atoms with Crippen molar-refractivity contribution in [1.82, 2.24) is 0 Å². The van der Waals surface area contributed by atoms with Crippen molar-refractivity contribution < 1.29 is 14.4 Å². The minimum absolute atomic E-state index is 0.218. The molecule has 0 bridgehead atoms. The van der Waals surface area contributed by atoms with E-state index in [4.69, 9.17) is 0 Å². The van der Waals surface area contributed by atoms with Gasteiger partial charge < -0.3 is 5.32 Å². The van der Waals surface area contributed by atoms with Gasteiger partial charge in [-0.2, -0.15) is 0 Å². The molecule has 0 atom stereocenters. The molecular formula is C23H15NO3. The number of benzene rings is 3. The number of nitrogens with one attached hydrogen (secondary N) is 1. The minimum Gasteiger partial charge on any atom is -0.321 e. The van der Waals surface area contributed by atoms with E-state index in [0.717, 1.165) is 5.56 Å². The Morgan fingerprint density at radius 3 is 2.22 bits per heavy atom. The first-order valence-electron chi connectivity index (χ1n) is 8.45. The van der Waals surface area contributed by atoms with Gasteiger partial charge in [-0.05, 0) is 23.8 Å². The molecule has 0 saturated carbocycles. The first kappa shape index (κ1) is 16.7. The van der Waals surface area contributed by atoms with Gasteiger partial charge in [-0.3, -0.25) is 14.4 Å². The molecule has 4 heteroatoms. The molecule has 0 spiro atoms. The van der Waals surface area contributed by atoms with Crippen LogP contribution in [0.4, 0.5) is 5.69 Å². The molecule has 0 aromatic heterocycles. The van der Waals surface area contributed by atoms with Gasteiger partial charge in [-0.25, -0.2) is 0 Å². The first-order valence-corrected chi connectivity index (χ1v) is 8.45. The van der Waals surface area contributed by atoms with Gasteiger partial charge in [-0.15, -0.1) is 0 Å². The van der Waals surface area contributed by atoms with Gasteiger partial charge >= 0.3 is 0 Å². The molecule has 0 fully saturated rings. The zero-order chi connectivity index (χ0) is 19.0. The number of fused-ring (bicyclic) bond motifs is 2. The molecule has 1 N–H and O–H groups in total. The van der Waals surface area contributed by atoms with Crippen molar-refractivity contribution in [2.45, 2.75) is 0 Å². The number of anilines is 1. The quantitative estimate of drug-likeness (QED) is 0.595. The molecule has 0 radical (unpaired) electrons. The van der Waals surface area contributed by atoms with Crippen LogP contribution in [0.15, 0.2) is 73.3 Å². The molecule has 0 saturated heterocycles. The lowest BCUT2D eigenvalue weighted by Crippen LogP contribution is -2.23. The molecule has 1 aliphatic rings. The maximum absolute atomic E-state index is 13.0.